The van der Waals surface area contributed by atoms with Crippen molar-refractivity contribution in [2.75, 3.05) is 5.73 Å². The maximum atomic E-state index is 5.76. The van der Waals surface area contributed by atoms with Crippen molar-refractivity contribution in [3.63, 3.8) is 0 Å². The summed E-state index contributed by atoms with van der Waals surface area (Å²) in [6.07, 6.45) is 2.63. The van der Waals surface area contributed by atoms with Crippen LogP contribution in [-0.2, 0) is 13.5 Å². The average Bonchev–Trinajstić information content (AvgIpc) is 2.73. The molecule has 2 aromatic rings. The predicted molar refractivity (Wildman–Crippen MR) is 62.3 cm³/mol. The molecular formula is C9H12BrN5. The smallest absolute Gasteiger partial charge is 0.149 e. The lowest BCUT2D eigenvalue weighted by atomic mass is 10.1. The molecule has 0 aliphatic heterocycles. The summed E-state index contributed by atoms with van der Waals surface area (Å²) < 4.78 is 2.67. The Morgan fingerprint density at radius 1 is 1.60 bits per heavy atom. The summed E-state index contributed by atoms with van der Waals surface area (Å²) >= 11 is 3.47. The zero-order chi connectivity index (χ0) is 11.0. The number of halogens is 1. The molecule has 0 unspecified atom stereocenters. The largest absolute Gasteiger partial charge is 0.382 e. The van der Waals surface area contributed by atoms with Crippen LogP contribution in [0, 0.1) is 0 Å². The van der Waals surface area contributed by atoms with E-state index in [2.05, 4.69) is 38.1 Å². The summed E-state index contributed by atoms with van der Waals surface area (Å²) in [5.41, 5.74) is 8.72. The van der Waals surface area contributed by atoms with Crippen LogP contribution in [0.1, 0.15) is 12.5 Å². The lowest BCUT2D eigenvalue weighted by Gasteiger charge is -1.99. The molecule has 2 heterocycles. The Kier molecular flexibility index (Phi) is 2.52. The molecule has 0 spiro atoms. The van der Waals surface area contributed by atoms with Crippen LogP contribution in [-0.4, -0.2) is 20.0 Å². The molecule has 0 amide bonds. The van der Waals surface area contributed by atoms with Gasteiger partial charge >= 0.3 is 0 Å². The van der Waals surface area contributed by atoms with E-state index in [-0.39, 0.29) is 0 Å². The van der Waals surface area contributed by atoms with Crippen molar-refractivity contribution in [1.29, 1.82) is 0 Å². The Labute approximate surface area is 95.8 Å². The number of H-pyrrole nitrogens is 1. The molecule has 15 heavy (non-hydrogen) atoms. The van der Waals surface area contributed by atoms with Gasteiger partial charge in [0.05, 0.1) is 17.5 Å². The van der Waals surface area contributed by atoms with Gasteiger partial charge in [-0.2, -0.15) is 10.2 Å². The van der Waals surface area contributed by atoms with E-state index in [1.54, 1.807) is 10.9 Å². The lowest BCUT2D eigenvalue weighted by molar-refractivity contribution is 0.750. The van der Waals surface area contributed by atoms with Crippen LogP contribution in [0.15, 0.2) is 10.8 Å². The number of aromatic amines is 1. The van der Waals surface area contributed by atoms with Gasteiger partial charge in [-0.3, -0.25) is 9.78 Å². The summed E-state index contributed by atoms with van der Waals surface area (Å²) in [7, 11) is 1.87. The first-order valence-electron chi connectivity index (χ1n) is 4.65. The predicted octanol–water partition coefficient (Wildman–Crippen LogP) is 1.72. The first-order chi connectivity index (χ1) is 7.15. The van der Waals surface area contributed by atoms with Crippen molar-refractivity contribution in [3.05, 3.63) is 16.4 Å². The van der Waals surface area contributed by atoms with Crippen LogP contribution >= 0.6 is 15.9 Å². The van der Waals surface area contributed by atoms with Crippen molar-refractivity contribution >= 4 is 21.7 Å². The van der Waals surface area contributed by atoms with Gasteiger partial charge in [-0.15, -0.1) is 0 Å². The van der Waals surface area contributed by atoms with E-state index in [0.29, 0.717) is 5.82 Å². The minimum atomic E-state index is 0.559. The molecule has 80 valence electrons. The highest BCUT2D eigenvalue weighted by molar-refractivity contribution is 9.10. The van der Waals surface area contributed by atoms with Crippen molar-refractivity contribution in [3.8, 4) is 11.3 Å². The highest BCUT2D eigenvalue weighted by atomic mass is 79.9. The average molecular weight is 270 g/mol. The molecule has 3 N–H and O–H groups in total. The molecule has 0 aliphatic carbocycles. The molecule has 0 bridgehead atoms. The van der Waals surface area contributed by atoms with Crippen LogP contribution in [0.25, 0.3) is 11.3 Å². The van der Waals surface area contributed by atoms with E-state index < -0.39 is 0 Å². The zero-order valence-corrected chi connectivity index (χ0v) is 10.2. The van der Waals surface area contributed by atoms with Gasteiger partial charge in [-0.05, 0) is 22.4 Å². The highest BCUT2D eigenvalue weighted by Crippen LogP contribution is 2.30. The van der Waals surface area contributed by atoms with Crippen LogP contribution in [0.3, 0.4) is 0 Å². The number of aryl methyl sites for hydroxylation is 1. The van der Waals surface area contributed by atoms with E-state index in [9.17, 15) is 0 Å². The molecule has 0 radical (unpaired) electrons. The Hall–Kier alpha value is -1.30. The summed E-state index contributed by atoms with van der Waals surface area (Å²) in [5.74, 6) is 0.559. The number of nitrogen functional groups attached to an aromatic ring is 1. The Bertz CT molecular complexity index is 485. The van der Waals surface area contributed by atoms with Crippen LogP contribution in [0.4, 0.5) is 5.82 Å². The third kappa shape index (κ3) is 1.54. The topological polar surface area (TPSA) is 72.5 Å². The number of hydrogen-bond donors (Lipinski definition) is 2. The summed E-state index contributed by atoms with van der Waals surface area (Å²) in [6, 6.07) is 0. The first-order valence-corrected chi connectivity index (χ1v) is 5.45. The monoisotopic (exact) mass is 269 g/mol. The highest BCUT2D eigenvalue weighted by Gasteiger charge is 2.15. The fraction of sp³-hybridized carbons (Fsp3) is 0.333. The van der Waals surface area contributed by atoms with Gasteiger partial charge in [0.15, 0.2) is 0 Å². The fourth-order valence-corrected chi connectivity index (χ4v) is 1.94. The van der Waals surface area contributed by atoms with Crippen molar-refractivity contribution in [1.82, 2.24) is 20.0 Å². The molecule has 2 rings (SSSR count). The number of anilines is 1. The SMILES string of the molecule is CCc1c(N)n[nH]c1-c1cnn(C)c1Br. The molecule has 0 aliphatic rings. The second kappa shape index (κ2) is 3.69. The number of rotatable bonds is 2. The van der Waals surface area contributed by atoms with Gasteiger partial charge in [0.25, 0.3) is 0 Å². The Morgan fingerprint density at radius 3 is 2.87 bits per heavy atom. The van der Waals surface area contributed by atoms with Gasteiger partial charge in [0.1, 0.15) is 10.4 Å². The van der Waals surface area contributed by atoms with Crippen molar-refractivity contribution in [2.24, 2.45) is 7.05 Å². The number of nitrogens with one attached hydrogen (secondary N) is 1. The summed E-state index contributed by atoms with van der Waals surface area (Å²) in [5, 5.41) is 11.1. The maximum absolute atomic E-state index is 5.76. The van der Waals surface area contributed by atoms with Gasteiger partial charge in [-0.1, -0.05) is 6.92 Å². The number of aromatic nitrogens is 4. The molecule has 0 aromatic carbocycles. The van der Waals surface area contributed by atoms with E-state index in [0.717, 1.165) is 27.8 Å². The maximum Gasteiger partial charge on any atom is 0.149 e. The van der Waals surface area contributed by atoms with Gasteiger partial charge in [0.2, 0.25) is 0 Å². The van der Waals surface area contributed by atoms with Crippen LogP contribution < -0.4 is 5.73 Å². The lowest BCUT2D eigenvalue weighted by Crippen LogP contribution is -1.91. The minimum absolute atomic E-state index is 0.559. The van der Waals surface area contributed by atoms with E-state index in [4.69, 9.17) is 5.73 Å². The summed E-state index contributed by atoms with van der Waals surface area (Å²) in [6.45, 7) is 2.05. The normalized spacial score (nSPS) is 10.9. The van der Waals surface area contributed by atoms with Gasteiger partial charge in [-0.25, -0.2) is 0 Å². The van der Waals surface area contributed by atoms with E-state index in [1.165, 1.54) is 0 Å². The third-order valence-corrected chi connectivity index (χ3v) is 3.33. The Morgan fingerprint density at radius 2 is 2.33 bits per heavy atom. The molecule has 5 nitrogen and oxygen atoms in total. The standard InChI is InChI=1S/C9H12BrN5/c1-3-5-7(13-14-9(5)11)6-4-12-15(2)8(6)10/h4H,3H2,1-2H3,(H3,11,13,14). The van der Waals surface area contributed by atoms with Gasteiger partial charge in [0, 0.05) is 12.6 Å². The van der Waals surface area contributed by atoms with Gasteiger partial charge < -0.3 is 5.73 Å². The second-order valence-electron chi connectivity index (χ2n) is 3.29. The first kappa shape index (κ1) is 10.2. The fourth-order valence-electron chi connectivity index (χ4n) is 1.55. The van der Waals surface area contributed by atoms with Crippen LogP contribution in [0.2, 0.25) is 0 Å². The van der Waals surface area contributed by atoms with Crippen molar-refractivity contribution < 1.29 is 0 Å². The Balaban J connectivity index is 2.58. The molecule has 2 aromatic heterocycles. The minimum Gasteiger partial charge on any atom is -0.382 e. The second-order valence-corrected chi connectivity index (χ2v) is 4.04. The number of nitrogens with two attached hydrogens (primary N) is 1. The molecular weight excluding hydrogens is 258 g/mol. The number of hydrogen-bond acceptors (Lipinski definition) is 3. The third-order valence-electron chi connectivity index (χ3n) is 2.39. The van der Waals surface area contributed by atoms with E-state index >= 15 is 0 Å². The zero-order valence-electron chi connectivity index (χ0n) is 8.58. The number of nitrogens with zero attached hydrogens (tertiary/aromatic N) is 3. The van der Waals surface area contributed by atoms with E-state index in [1.807, 2.05) is 7.05 Å². The molecule has 0 saturated heterocycles. The molecule has 0 saturated carbocycles. The van der Waals surface area contributed by atoms with Crippen molar-refractivity contribution in [2.45, 2.75) is 13.3 Å². The molecule has 0 atom stereocenters. The summed E-state index contributed by atoms with van der Waals surface area (Å²) in [4.78, 5) is 0. The quantitative estimate of drug-likeness (QED) is 0.872. The molecule has 6 heteroatoms. The van der Waals surface area contributed by atoms with Crippen LogP contribution in [0.5, 0.6) is 0 Å². The molecule has 0 fully saturated rings.